The van der Waals surface area contributed by atoms with Gasteiger partial charge in [-0.05, 0) is 73.0 Å². The fourth-order valence-electron chi connectivity index (χ4n) is 6.01. The quantitative estimate of drug-likeness (QED) is 0.457. The zero-order chi connectivity index (χ0) is 20.2. The van der Waals surface area contributed by atoms with Crippen molar-refractivity contribution in [3.05, 3.63) is 0 Å². The Morgan fingerprint density at radius 2 is 1.26 bits per heavy atom. The van der Waals surface area contributed by atoms with Gasteiger partial charge in [0.2, 0.25) is 0 Å². The van der Waals surface area contributed by atoms with Crippen LogP contribution in [0.5, 0.6) is 0 Å². The summed E-state index contributed by atoms with van der Waals surface area (Å²) in [5.74, 6) is 3.74. The zero-order valence-electron chi connectivity index (χ0n) is 18.9. The average Bonchev–Trinajstić information content (AvgIpc) is 2.60. The Hall–Kier alpha value is -0.660. The number of carbonyl (C=O) groups excluding carboxylic acids is 2. The predicted molar refractivity (Wildman–Crippen MR) is 114 cm³/mol. The Kier molecular flexibility index (Phi) is 7.73. The summed E-state index contributed by atoms with van der Waals surface area (Å²) < 4.78 is 0. The van der Waals surface area contributed by atoms with Crippen molar-refractivity contribution in [2.75, 3.05) is 0 Å². The lowest BCUT2D eigenvalue weighted by Gasteiger charge is -2.44. The molecule has 0 N–H and O–H groups in total. The molecule has 0 saturated heterocycles. The van der Waals surface area contributed by atoms with Gasteiger partial charge in [0.05, 0.1) is 0 Å². The van der Waals surface area contributed by atoms with Gasteiger partial charge in [0.25, 0.3) is 0 Å². The van der Waals surface area contributed by atoms with E-state index in [-0.39, 0.29) is 0 Å². The number of Topliss-reactive ketones (excluding diaryl/α,β-unsaturated/α-hetero) is 2. The molecule has 2 unspecified atom stereocenters. The van der Waals surface area contributed by atoms with Gasteiger partial charge in [-0.2, -0.15) is 0 Å². The van der Waals surface area contributed by atoms with Gasteiger partial charge in [-0.1, -0.05) is 48.0 Å². The van der Waals surface area contributed by atoms with Crippen molar-refractivity contribution in [2.24, 2.45) is 34.5 Å². The molecule has 2 rings (SSSR count). The highest BCUT2D eigenvalue weighted by Crippen LogP contribution is 2.48. The molecule has 0 spiro atoms. The minimum atomic E-state index is 0.339. The molecule has 0 bridgehead atoms. The van der Waals surface area contributed by atoms with Crippen LogP contribution in [0, 0.1) is 34.5 Å². The summed E-state index contributed by atoms with van der Waals surface area (Å²) in [6.45, 7) is 14.5. The van der Waals surface area contributed by atoms with Crippen LogP contribution < -0.4 is 0 Å². The van der Waals surface area contributed by atoms with E-state index in [1.807, 2.05) is 0 Å². The molecule has 2 fully saturated rings. The summed E-state index contributed by atoms with van der Waals surface area (Å²) >= 11 is 0. The van der Waals surface area contributed by atoms with Gasteiger partial charge in [-0.25, -0.2) is 0 Å². The highest BCUT2D eigenvalue weighted by atomic mass is 16.1. The Bertz CT molecular complexity index is 498. The van der Waals surface area contributed by atoms with Crippen LogP contribution in [0.25, 0.3) is 0 Å². The second kappa shape index (κ2) is 9.23. The van der Waals surface area contributed by atoms with E-state index < -0.39 is 0 Å². The first kappa shape index (κ1) is 22.6. The fourth-order valence-corrected chi connectivity index (χ4v) is 6.01. The van der Waals surface area contributed by atoms with Crippen LogP contribution in [0.4, 0.5) is 0 Å². The first-order valence-corrected chi connectivity index (χ1v) is 11.6. The van der Waals surface area contributed by atoms with E-state index in [4.69, 9.17) is 0 Å². The maximum atomic E-state index is 11.7. The third kappa shape index (κ3) is 5.91. The maximum absolute atomic E-state index is 11.7. The monoisotopic (exact) mass is 376 g/mol. The smallest absolute Gasteiger partial charge is 0.132 e. The van der Waals surface area contributed by atoms with E-state index in [2.05, 4.69) is 41.5 Å². The number of ketones is 2. The standard InChI is InChI=1S/C25H44O2/c1-18(2)25(6,21-9-13-23(27)14-10-21)16-15-19(3)17-24(4,5)20-7-11-22(26)12-8-20/h18-21H,7-17H2,1-6H3. The molecule has 0 aromatic heterocycles. The molecule has 0 radical (unpaired) electrons. The summed E-state index contributed by atoms with van der Waals surface area (Å²) in [6, 6.07) is 0. The SMILES string of the molecule is CC(CCC(C)(C(C)C)C1CCC(=O)CC1)CC(C)(C)C1CCC(=O)CC1. The molecule has 2 saturated carbocycles. The molecule has 0 aromatic carbocycles. The van der Waals surface area contributed by atoms with Crippen LogP contribution in [0.2, 0.25) is 0 Å². The molecule has 0 aliphatic heterocycles. The molecule has 2 aliphatic rings. The summed E-state index contributed by atoms with van der Waals surface area (Å²) in [7, 11) is 0. The van der Waals surface area contributed by atoms with Crippen LogP contribution in [-0.2, 0) is 9.59 Å². The lowest BCUT2D eigenvalue weighted by atomic mass is 9.60. The lowest BCUT2D eigenvalue weighted by Crippen LogP contribution is -2.36. The van der Waals surface area contributed by atoms with E-state index in [9.17, 15) is 9.59 Å². The van der Waals surface area contributed by atoms with Crippen molar-refractivity contribution in [3.8, 4) is 0 Å². The molecule has 27 heavy (non-hydrogen) atoms. The lowest BCUT2D eigenvalue weighted by molar-refractivity contribution is -0.123. The molecular formula is C25H44O2. The van der Waals surface area contributed by atoms with Gasteiger partial charge in [-0.3, -0.25) is 9.59 Å². The molecule has 2 heteroatoms. The van der Waals surface area contributed by atoms with Crippen molar-refractivity contribution in [1.29, 1.82) is 0 Å². The average molecular weight is 377 g/mol. The summed E-state index contributed by atoms with van der Waals surface area (Å²) in [5.41, 5.74) is 0.696. The van der Waals surface area contributed by atoms with Gasteiger partial charge in [-0.15, -0.1) is 0 Å². The minimum Gasteiger partial charge on any atom is -0.300 e. The highest BCUT2D eigenvalue weighted by molar-refractivity contribution is 5.79. The molecule has 0 aromatic rings. The van der Waals surface area contributed by atoms with Crippen LogP contribution in [0.3, 0.4) is 0 Å². The molecule has 2 nitrogen and oxygen atoms in total. The molecule has 0 amide bonds. The molecule has 2 atom stereocenters. The number of rotatable bonds is 8. The Morgan fingerprint density at radius 1 is 0.815 bits per heavy atom. The molecular weight excluding hydrogens is 332 g/mol. The largest absolute Gasteiger partial charge is 0.300 e. The van der Waals surface area contributed by atoms with Crippen molar-refractivity contribution in [1.82, 2.24) is 0 Å². The first-order valence-electron chi connectivity index (χ1n) is 11.6. The van der Waals surface area contributed by atoms with Crippen molar-refractivity contribution >= 4 is 11.6 Å². The second-order valence-electron chi connectivity index (χ2n) is 11.1. The fraction of sp³-hybridized carbons (Fsp3) is 0.920. The summed E-state index contributed by atoms with van der Waals surface area (Å²) in [6.07, 6.45) is 11.4. The second-order valence-corrected chi connectivity index (χ2v) is 11.1. The number of hydrogen-bond donors (Lipinski definition) is 0. The van der Waals surface area contributed by atoms with E-state index >= 15 is 0 Å². The van der Waals surface area contributed by atoms with E-state index in [0.717, 1.165) is 57.3 Å². The Labute approximate surface area is 168 Å². The zero-order valence-corrected chi connectivity index (χ0v) is 18.9. The molecule has 2 aliphatic carbocycles. The normalized spacial score (nSPS) is 24.3. The molecule has 0 heterocycles. The minimum absolute atomic E-state index is 0.339. The van der Waals surface area contributed by atoms with E-state index in [1.165, 1.54) is 19.3 Å². The first-order chi connectivity index (χ1) is 12.5. The third-order valence-electron chi connectivity index (χ3n) is 8.49. The number of carbonyl (C=O) groups is 2. The van der Waals surface area contributed by atoms with Crippen LogP contribution in [0.15, 0.2) is 0 Å². The van der Waals surface area contributed by atoms with Crippen molar-refractivity contribution < 1.29 is 9.59 Å². The summed E-state index contributed by atoms with van der Waals surface area (Å²) in [4.78, 5) is 23.3. The van der Waals surface area contributed by atoms with Gasteiger partial charge in [0.1, 0.15) is 11.6 Å². The topological polar surface area (TPSA) is 34.1 Å². The maximum Gasteiger partial charge on any atom is 0.132 e. The van der Waals surface area contributed by atoms with Gasteiger partial charge < -0.3 is 0 Å². The van der Waals surface area contributed by atoms with Gasteiger partial charge in [0.15, 0.2) is 0 Å². The van der Waals surface area contributed by atoms with Gasteiger partial charge >= 0.3 is 0 Å². The Balaban J connectivity index is 1.90. The van der Waals surface area contributed by atoms with Crippen LogP contribution in [-0.4, -0.2) is 11.6 Å². The number of hydrogen-bond acceptors (Lipinski definition) is 2. The highest BCUT2D eigenvalue weighted by Gasteiger charge is 2.39. The van der Waals surface area contributed by atoms with Gasteiger partial charge in [0, 0.05) is 25.7 Å². The van der Waals surface area contributed by atoms with E-state index in [0.29, 0.717) is 40.2 Å². The van der Waals surface area contributed by atoms with Crippen molar-refractivity contribution in [2.45, 2.75) is 112 Å². The summed E-state index contributed by atoms with van der Waals surface area (Å²) in [5, 5.41) is 0. The third-order valence-corrected chi connectivity index (χ3v) is 8.49. The predicted octanol–water partition coefficient (Wildman–Crippen LogP) is 7.00. The van der Waals surface area contributed by atoms with Crippen LogP contribution >= 0.6 is 0 Å². The van der Waals surface area contributed by atoms with Crippen molar-refractivity contribution in [3.63, 3.8) is 0 Å². The Morgan fingerprint density at radius 3 is 1.70 bits per heavy atom. The van der Waals surface area contributed by atoms with Crippen LogP contribution in [0.1, 0.15) is 112 Å². The van der Waals surface area contributed by atoms with E-state index in [1.54, 1.807) is 0 Å². The molecule has 156 valence electrons.